The van der Waals surface area contributed by atoms with Crippen LogP contribution >= 0.6 is 128 Å². The first-order valence-electron chi connectivity index (χ1n) is 16.2. The fourth-order valence-corrected chi connectivity index (χ4v) is 7.69. The molecular formula is C36H30Cl8N10O3S3. The van der Waals surface area contributed by atoms with Gasteiger partial charge < -0.3 is 26.2 Å². The summed E-state index contributed by atoms with van der Waals surface area (Å²) in [5.41, 5.74) is 16.9. The summed E-state index contributed by atoms with van der Waals surface area (Å²) in [5, 5.41) is 20.6. The van der Waals surface area contributed by atoms with Gasteiger partial charge in [0.1, 0.15) is 16.6 Å². The minimum Gasteiger partial charge on any atom is -0.460 e. The van der Waals surface area contributed by atoms with Crippen LogP contribution in [0.15, 0.2) is 79.1 Å². The number of hydrogen-bond donors (Lipinski definition) is 4. The van der Waals surface area contributed by atoms with Gasteiger partial charge in [-0.15, -0.1) is 32.0 Å². The Morgan fingerprint density at radius 1 is 0.783 bits per heavy atom. The second-order valence-electron chi connectivity index (χ2n) is 11.1. The predicted octanol–water partition coefficient (Wildman–Crippen LogP) is 10.7. The normalized spacial score (nSPS) is 10.1. The molecule has 60 heavy (non-hydrogen) atoms. The topological polar surface area (TPSA) is 203 Å². The van der Waals surface area contributed by atoms with Crippen LogP contribution in [0.2, 0.25) is 30.1 Å². The first kappa shape index (κ1) is 50.7. The Kier molecular flexibility index (Phi) is 21.4. The fourth-order valence-electron chi connectivity index (χ4n) is 4.36. The number of nitrogens with two attached hydrogens (primary N) is 3. The summed E-state index contributed by atoms with van der Waals surface area (Å²) in [7, 11) is 1.93. The van der Waals surface area contributed by atoms with Crippen molar-refractivity contribution < 1.29 is 14.3 Å². The smallest absolute Gasteiger partial charge is 0.313 e. The third kappa shape index (κ3) is 16.0. The minimum absolute atomic E-state index is 0.0503. The zero-order valence-electron chi connectivity index (χ0n) is 30.8. The highest BCUT2D eigenvalue weighted by Crippen LogP contribution is 2.34. The lowest BCUT2D eigenvalue weighted by atomic mass is 10.2. The number of aromatic nitrogens is 6. The van der Waals surface area contributed by atoms with Gasteiger partial charge in [0, 0.05) is 39.6 Å². The number of rotatable bonds is 7. The third-order valence-corrected chi connectivity index (χ3v) is 10.7. The van der Waals surface area contributed by atoms with E-state index in [1.807, 2.05) is 35.2 Å². The Morgan fingerprint density at radius 3 is 1.82 bits per heavy atom. The van der Waals surface area contributed by atoms with E-state index in [2.05, 4.69) is 55.0 Å². The van der Waals surface area contributed by atoms with Gasteiger partial charge >= 0.3 is 5.97 Å². The fraction of sp³-hybridized carbons (Fsp3) is 0.111. The number of nitrogens with one attached hydrogen (secondary N) is 1. The zero-order chi connectivity index (χ0) is 44.5. The van der Waals surface area contributed by atoms with Crippen molar-refractivity contribution in [3.8, 4) is 21.1 Å². The number of anilines is 1. The molecule has 0 radical (unpaired) electrons. The molecule has 0 saturated carbocycles. The maximum atomic E-state index is 12.2. The molecule has 0 bridgehead atoms. The molecule has 0 aliphatic rings. The second kappa shape index (κ2) is 25.3. The van der Waals surface area contributed by atoms with Crippen LogP contribution in [0.25, 0.3) is 32.2 Å². The molecule has 316 valence electrons. The van der Waals surface area contributed by atoms with Crippen molar-refractivity contribution in [2.24, 2.45) is 18.6 Å². The molecule has 0 aliphatic heterocycles. The number of carbonyl (C=O) groups is 2. The molecule has 0 atom stereocenters. The van der Waals surface area contributed by atoms with Crippen LogP contribution in [-0.4, -0.2) is 52.7 Å². The SMILES string of the molecule is CCl.Cn1cnc2cc(COC(=O)Cc3nnc(-c4ccc(Cl)cc4Cl)s3)ccc21.NNC(N)=S.Nc1nnc(-c2ccc(Cl)cc2Cl)s1.O=C(Cl)c1ccc(Cl)cc1Cl. The van der Waals surface area contributed by atoms with Gasteiger partial charge in [-0.3, -0.25) is 9.59 Å². The number of alkyl halides is 1. The Morgan fingerprint density at radius 2 is 1.32 bits per heavy atom. The number of esters is 1. The van der Waals surface area contributed by atoms with Crippen LogP contribution in [0.1, 0.15) is 20.9 Å². The van der Waals surface area contributed by atoms with Gasteiger partial charge in [0.2, 0.25) is 5.13 Å². The first-order chi connectivity index (χ1) is 28.5. The number of hydrazine groups is 1. The van der Waals surface area contributed by atoms with Gasteiger partial charge in [-0.2, -0.15) is 0 Å². The zero-order valence-corrected chi connectivity index (χ0v) is 39.3. The monoisotopic (exact) mass is 1030 g/mol. The highest BCUT2D eigenvalue weighted by atomic mass is 35.5. The van der Waals surface area contributed by atoms with Crippen LogP contribution in [0, 0.1) is 0 Å². The van der Waals surface area contributed by atoms with Crippen molar-refractivity contribution in [2.75, 3.05) is 12.1 Å². The standard InChI is InChI=1S/C19H14Cl2N4O2S.C8H5Cl2N3S.C7H3Cl3O.CH3Cl.CH5N3S/c1-25-10-22-15-6-11(2-5-16(15)25)9-27-18(26)8-17-23-24-19(28-17)13-4-3-12(20)7-14(13)21;9-4-1-2-5(6(10)3-4)7-12-13-8(11)14-7;8-4-1-2-5(7(10)11)6(9)3-4;1-2;2-1(5)4-3/h2-7,10H,8-9H2,1H3;1-3H,(H2,11,13);1-3H;1H3;3H2,(H3,2,4,5). The second-order valence-corrected chi connectivity index (χ2v) is 16.5. The number of halogens is 8. The van der Waals surface area contributed by atoms with E-state index in [0.717, 1.165) is 27.7 Å². The van der Waals surface area contributed by atoms with E-state index in [1.54, 1.807) is 48.8 Å². The van der Waals surface area contributed by atoms with E-state index in [-0.39, 0.29) is 34.7 Å². The summed E-state index contributed by atoms with van der Waals surface area (Å²) in [6.45, 7) is 0.181. The van der Waals surface area contributed by atoms with E-state index < -0.39 is 5.24 Å². The maximum absolute atomic E-state index is 12.2. The average Bonchev–Trinajstić information content (AvgIpc) is 3.95. The molecule has 3 heterocycles. The molecule has 7 rings (SSSR count). The van der Waals surface area contributed by atoms with Crippen LogP contribution < -0.4 is 22.7 Å². The largest absolute Gasteiger partial charge is 0.460 e. The summed E-state index contributed by atoms with van der Waals surface area (Å²) < 4.78 is 7.30. The van der Waals surface area contributed by atoms with Crippen molar-refractivity contribution in [2.45, 2.75) is 13.0 Å². The first-order valence-corrected chi connectivity index (χ1v) is 21.6. The molecule has 7 N–H and O–H groups in total. The van der Waals surface area contributed by atoms with Crippen molar-refractivity contribution in [3.05, 3.63) is 125 Å². The average molecular weight is 1030 g/mol. The van der Waals surface area contributed by atoms with Crippen molar-refractivity contribution in [3.63, 3.8) is 0 Å². The molecule has 0 amide bonds. The molecule has 0 saturated heterocycles. The molecule has 0 aliphatic carbocycles. The van der Waals surface area contributed by atoms with Crippen LogP contribution in [-0.2, 0) is 29.6 Å². The molecule has 0 fully saturated rings. The molecule has 0 unspecified atom stereocenters. The Hall–Kier alpha value is -3.62. The summed E-state index contributed by atoms with van der Waals surface area (Å²) in [6.07, 6.45) is 3.27. The number of ether oxygens (including phenoxy) is 1. The molecule has 24 heteroatoms. The summed E-state index contributed by atoms with van der Waals surface area (Å²) in [6, 6.07) is 20.7. The van der Waals surface area contributed by atoms with Gasteiger partial charge in [0.05, 0.1) is 44.4 Å². The predicted molar refractivity (Wildman–Crippen MR) is 252 cm³/mol. The summed E-state index contributed by atoms with van der Waals surface area (Å²) in [4.78, 5) is 27.1. The van der Waals surface area contributed by atoms with Crippen molar-refractivity contribution in [1.82, 2.24) is 35.4 Å². The lowest BCUT2D eigenvalue weighted by Crippen LogP contribution is -2.34. The van der Waals surface area contributed by atoms with E-state index in [0.29, 0.717) is 45.3 Å². The lowest BCUT2D eigenvalue weighted by Gasteiger charge is -2.04. The Labute approximate surface area is 396 Å². The molecule has 13 nitrogen and oxygen atoms in total. The number of hydrogen-bond acceptors (Lipinski definition) is 13. The number of fused-ring (bicyclic) bond motifs is 1. The van der Waals surface area contributed by atoms with Crippen LogP contribution in [0.4, 0.5) is 5.13 Å². The van der Waals surface area contributed by atoms with Gasteiger partial charge in [-0.05, 0) is 96.1 Å². The van der Waals surface area contributed by atoms with E-state index in [4.69, 9.17) is 97.4 Å². The van der Waals surface area contributed by atoms with Crippen LogP contribution in [0.3, 0.4) is 0 Å². The van der Waals surface area contributed by atoms with E-state index >= 15 is 0 Å². The lowest BCUT2D eigenvalue weighted by molar-refractivity contribution is -0.144. The number of thiocarbonyl (C=S) groups is 1. The summed E-state index contributed by atoms with van der Waals surface area (Å²) >= 11 is 51.7. The number of benzene rings is 4. The summed E-state index contributed by atoms with van der Waals surface area (Å²) in [5.74, 6) is 4.29. The van der Waals surface area contributed by atoms with E-state index in [1.165, 1.54) is 41.2 Å². The highest BCUT2D eigenvalue weighted by Gasteiger charge is 2.15. The van der Waals surface area contributed by atoms with Crippen molar-refractivity contribution in [1.29, 1.82) is 0 Å². The maximum Gasteiger partial charge on any atom is 0.313 e. The molecule has 7 aromatic rings. The number of imidazole rings is 1. The number of nitrogens with zero attached hydrogens (tertiary/aromatic N) is 6. The molecular weight excluding hydrogens is 1000 g/mol. The Balaban J connectivity index is 0.000000249. The number of carbonyl (C=O) groups excluding carboxylic acids is 2. The van der Waals surface area contributed by atoms with Gasteiger partial charge in [0.25, 0.3) is 5.24 Å². The highest BCUT2D eigenvalue weighted by molar-refractivity contribution is 7.80. The molecule has 3 aromatic heterocycles. The molecule has 4 aromatic carbocycles. The number of nitrogen functional groups attached to an aromatic ring is 1. The molecule has 0 spiro atoms. The minimum atomic E-state index is -0.577. The Bertz CT molecular complexity index is 2560. The van der Waals surface area contributed by atoms with Crippen LogP contribution in [0.5, 0.6) is 0 Å². The van der Waals surface area contributed by atoms with Crippen molar-refractivity contribution >= 4 is 160 Å². The number of aryl methyl sites for hydroxylation is 1. The quantitative estimate of drug-likeness (QED) is 0.0294. The van der Waals surface area contributed by atoms with Gasteiger partial charge in [0.15, 0.2) is 10.1 Å². The van der Waals surface area contributed by atoms with E-state index in [9.17, 15) is 9.59 Å². The van der Waals surface area contributed by atoms with Gasteiger partial charge in [-0.1, -0.05) is 98.3 Å². The van der Waals surface area contributed by atoms with Gasteiger partial charge in [-0.25, -0.2) is 10.8 Å². The third-order valence-electron chi connectivity index (χ3n) is 7.00.